The maximum absolute atomic E-state index is 13.3. The van der Waals surface area contributed by atoms with Gasteiger partial charge in [0.1, 0.15) is 5.65 Å². The van der Waals surface area contributed by atoms with Gasteiger partial charge in [0.25, 0.3) is 0 Å². The molecule has 1 unspecified atom stereocenters. The van der Waals surface area contributed by atoms with E-state index in [1.807, 2.05) is 12.3 Å². The third-order valence-electron chi connectivity index (χ3n) is 8.83. The fourth-order valence-corrected chi connectivity index (χ4v) is 13.1. The third-order valence-corrected chi connectivity index (χ3v) is 14.9. The van der Waals surface area contributed by atoms with E-state index in [-0.39, 0.29) is 11.7 Å². The summed E-state index contributed by atoms with van der Waals surface area (Å²) in [5, 5.41) is 1.03. The van der Waals surface area contributed by atoms with Gasteiger partial charge in [-0.3, -0.25) is 4.57 Å². The van der Waals surface area contributed by atoms with E-state index in [0.29, 0.717) is 34.4 Å². The molecule has 2 fully saturated rings. The van der Waals surface area contributed by atoms with Crippen molar-refractivity contribution in [2.45, 2.75) is 83.5 Å². The first-order valence-corrected chi connectivity index (χ1v) is 14.6. The van der Waals surface area contributed by atoms with E-state index in [2.05, 4.69) is 61.1 Å². The Balaban J connectivity index is 1.56. The summed E-state index contributed by atoms with van der Waals surface area (Å²) < 4.78 is 9.18. The summed E-state index contributed by atoms with van der Waals surface area (Å²) in [4.78, 5) is 24.1. The normalized spacial score (nSPS) is 26.0. The van der Waals surface area contributed by atoms with Crippen molar-refractivity contribution in [1.82, 2.24) is 19.5 Å². The Bertz CT molecular complexity index is 1150. The number of nitrogens with one attached hydrogen (secondary N) is 2. The number of pyridine rings is 1. The molecule has 2 aliphatic carbocycles. The third kappa shape index (κ3) is 3.07. The summed E-state index contributed by atoms with van der Waals surface area (Å²) in [6, 6.07) is 2.25. The van der Waals surface area contributed by atoms with Crippen molar-refractivity contribution in [3.63, 3.8) is 0 Å². The van der Waals surface area contributed by atoms with E-state index in [1.165, 1.54) is 19.3 Å². The molecule has 3 aromatic rings. The molecular formula is C25H38N4O2Si. The summed E-state index contributed by atoms with van der Waals surface area (Å²) >= 11 is 0. The number of fused-ring (bicyclic) bond motifs is 5. The van der Waals surface area contributed by atoms with Gasteiger partial charge in [0.2, 0.25) is 0 Å². The molecule has 2 N–H and O–H groups in total. The van der Waals surface area contributed by atoms with Gasteiger partial charge in [-0.25, -0.2) is 9.78 Å². The van der Waals surface area contributed by atoms with E-state index in [1.54, 1.807) is 6.20 Å². The molecule has 174 valence electrons. The summed E-state index contributed by atoms with van der Waals surface area (Å²) in [6.45, 7) is 14.9. The number of imidazole rings is 1. The van der Waals surface area contributed by atoms with Crippen LogP contribution in [0, 0.1) is 17.8 Å². The van der Waals surface area contributed by atoms with Gasteiger partial charge in [0.15, 0.2) is 8.32 Å². The lowest BCUT2D eigenvalue weighted by molar-refractivity contribution is 0.130. The van der Waals surface area contributed by atoms with Crippen LogP contribution in [0.1, 0.15) is 66.8 Å². The second kappa shape index (κ2) is 7.87. The van der Waals surface area contributed by atoms with E-state index in [9.17, 15) is 4.79 Å². The van der Waals surface area contributed by atoms with Crippen LogP contribution in [0.3, 0.4) is 0 Å². The van der Waals surface area contributed by atoms with Crippen LogP contribution in [-0.4, -0.2) is 34.4 Å². The fourth-order valence-electron chi connectivity index (χ4n) is 7.66. The summed E-state index contributed by atoms with van der Waals surface area (Å²) in [5.41, 5.74) is 4.39. The number of hydrogen-bond acceptors (Lipinski definition) is 3. The van der Waals surface area contributed by atoms with Gasteiger partial charge in [0.05, 0.1) is 17.2 Å². The van der Waals surface area contributed by atoms with Crippen LogP contribution in [-0.2, 0) is 4.43 Å². The van der Waals surface area contributed by atoms with Crippen molar-refractivity contribution < 1.29 is 4.43 Å². The molecule has 0 aliphatic heterocycles. The van der Waals surface area contributed by atoms with Crippen molar-refractivity contribution in [1.29, 1.82) is 0 Å². The number of rotatable bonds is 7. The van der Waals surface area contributed by atoms with Gasteiger partial charge in [-0.15, -0.1) is 0 Å². The molecule has 7 heteroatoms. The van der Waals surface area contributed by atoms with Crippen LogP contribution in [0.5, 0.6) is 0 Å². The standard InChI is InChI=1S/C25H38N4O2Si/c1-14(2)32(15(3)4,16(5)6)31-13-20-17-7-8-18(11-17)22(20)29-23-19-9-10-26-24(19)27-12-21(23)28-25(29)30/h9-10,12,14-18,20,22H,7-8,11,13H2,1-6H3,(H,26,27)(H,28,30)/t17-,18?,20+,22-/m0/s1. The van der Waals surface area contributed by atoms with E-state index < -0.39 is 8.32 Å². The SMILES string of the molecule is CC(C)[Si](OC[C@@H]1[C@H]2CCC(C2)[C@@H]1n1c(=O)[nH]c2cnc3[nH]ccc3c21)(C(C)C)C(C)C. The predicted molar refractivity (Wildman–Crippen MR) is 133 cm³/mol. The van der Waals surface area contributed by atoms with Crippen LogP contribution in [0.25, 0.3) is 22.1 Å². The molecule has 2 bridgehead atoms. The highest BCUT2D eigenvalue weighted by molar-refractivity contribution is 6.77. The topological polar surface area (TPSA) is 75.7 Å². The molecule has 5 rings (SSSR count). The molecular weight excluding hydrogens is 416 g/mol. The molecule has 2 aliphatic rings. The van der Waals surface area contributed by atoms with E-state index >= 15 is 0 Å². The molecule has 0 saturated heterocycles. The zero-order chi connectivity index (χ0) is 22.8. The van der Waals surface area contributed by atoms with Gasteiger partial charge in [-0.05, 0) is 53.8 Å². The molecule has 0 spiro atoms. The Morgan fingerprint density at radius 3 is 2.50 bits per heavy atom. The minimum Gasteiger partial charge on any atom is -0.416 e. The number of nitrogens with zero attached hydrogens (tertiary/aromatic N) is 2. The van der Waals surface area contributed by atoms with E-state index in [4.69, 9.17) is 4.43 Å². The smallest absolute Gasteiger partial charge is 0.326 e. The lowest BCUT2D eigenvalue weighted by Crippen LogP contribution is -2.49. The number of H-pyrrole nitrogens is 2. The van der Waals surface area contributed by atoms with Gasteiger partial charge < -0.3 is 14.4 Å². The zero-order valence-electron chi connectivity index (χ0n) is 20.3. The minimum absolute atomic E-state index is 0.00173. The second-order valence-electron chi connectivity index (χ2n) is 11.2. The average molecular weight is 455 g/mol. The van der Waals surface area contributed by atoms with Gasteiger partial charge in [-0.2, -0.15) is 0 Å². The molecule has 0 aromatic carbocycles. The van der Waals surface area contributed by atoms with Crippen LogP contribution < -0.4 is 5.69 Å². The van der Waals surface area contributed by atoms with Crippen LogP contribution in [0.2, 0.25) is 16.6 Å². The predicted octanol–water partition coefficient (Wildman–Crippen LogP) is 5.99. The van der Waals surface area contributed by atoms with Crippen molar-refractivity contribution in [2.24, 2.45) is 17.8 Å². The first-order valence-electron chi connectivity index (χ1n) is 12.5. The highest BCUT2D eigenvalue weighted by Gasteiger charge is 2.52. The molecule has 3 heterocycles. The second-order valence-corrected chi connectivity index (χ2v) is 16.6. The number of hydrogen-bond donors (Lipinski definition) is 2. The number of aromatic amines is 2. The zero-order valence-corrected chi connectivity index (χ0v) is 21.3. The largest absolute Gasteiger partial charge is 0.416 e. The number of aromatic nitrogens is 4. The lowest BCUT2D eigenvalue weighted by atomic mass is 9.84. The lowest BCUT2D eigenvalue weighted by Gasteiger charge is -2.44. The molecule has 0 amide bonds. The van der Waals surface area contributed by atoms with Gasteiger partial charge >= 0.3 is 5.69 Å². The molecule has 0 radical (unpaired) electrons. The quantitative estimate of drug-likeness (QED) is 0.431. The van der Waals surface area contributed by atoms with Gasteiger partial charge in [0, 0.05) is 30.1 Å². The fraction of sp³-hybridized carbons (Fsp3) is 0.680. The van der Waals surface area contributed by atoms with Gasteiger partial charge in [-0.1, -0.05) is 41.5 Å². The van der Waals surface area contributed by atoms with Crippen molar-refractivity contribution in [3.8, 4) is 0 Å². The Morgan fingerprint density at radius 2 is 1.81 bits per heavy atom. The monoisotopic (exact) mass is 454 g/mol. The first-order chi connectivity index (χ1) is 15.3. The maximum Gasteiger partial charge on any atom is 0.326 e. The van der Waals surface area contributed by atoms with Crippen molar-refractivity contribution in [2.75, 3.05) is 6.61 Å². The van der Waals surface area contributed by atoms with E-state index in [0.717, 1.165) is 28.7 Å². The highest BCUT2D eigenvalue weighted by Crippen LogP contribution is 2.56. The Kier molecular flexibility index (Phi) is 5.40. The Morgan fingerprint density at radius 1 is 1.12 bits per heavy atom. The van der Waals surface area contributed by atoms with Crippen LogP contribution >= 0.6 is 0 Å². The first kappa shape index (κ1) is 22.0. The summed E-state index contributed by atoms with van der Waals surface area (Å²) in [6.07, 6.45) is 7.41. The Labute approximate surface area is 191 Å². The molecule has 2 saturated carbocycles. The summed E-state index contributed by atoms with van der Waals surface area (Å²) in [7, 11) is -1.95. The maximum atomic E-state index is 13.3. The molecule has 32 heavy (non-hydrogen) atoms. The molecule has 6 nitrogen and oxygen atoms in total. The highest BCUT2D eigenvalue weighted by atomic mass is 28.4. The minimum atomic E-state index is -1.95. The Hall–Kier alpha value is -1.86. The van der Waals surface area contributed by atoms with Crippen molar-refractivity contribution in [3.05, 3.63) is 28.9 Å². The van der Waals surface area contributed by atoms with Crippen LogP contribution in [0.15, 0.2) is 23.3 Å². The average Bonchev–Trinajstić information content (AvgIpc) is 3.49. The summed E-state index contributed by atoms with van der Waals surface area (Å²) in [5.74, 6) is 1.61. The molecule has 4 atom stereocenters. The van der Waals surface area contributed by atoms with Crippen LogP contribution in [0.4, 0.5) is 0 Å². The van der Waals surface area contributed by atoms with Crippen molar-refractivity contribution >= 4 is 30.4 Å². The molecule has 3 aromatic heterocycles.